The van der Waals surface area contributed by atoms with E-state index in [1.54, 1.807) is 0 Å². The quantitative estimate of drug-likeness (QED) is 0.827. The summed E-state index contributed by atoms with van der Waals surface area (Å²) in [6.07, 6.45) is 4.67. The number of hydrogen-bond acceptors (Lipinski definition) is 3. The number of likely N-dealkylation sites (N-methyl/N-ethyl adjacent to an activating group) is 1. The number of carbonyl (C=O) groups is 1. The topological polar surface area (TPSA) is 26.8 Å². The Bertz CT molecular complexity index is 643. The molecule has 4 heteroatoms. The van der Waals surface area contributed by atoms with Crippen molar-refractivity contribution >= 4 is 5.91 Å². The van der Waals surface area contributed by atoms with Crippen molar-refractivity contribution in [2.75, 3.05) is 33.2 Å². The van der Waals surface area contributed by atoms with Gasteiger partial charge in [0.1, 0.15) is 0 Å². The highest BCUT2D eigenvalue weighted by atomic mass is 16.2. The van der Waals surface area contributed by atoms with E-state index in [-0.39, 0.29) is 5.91 Å². The van der Waals surface area contributed by atoms with Gasteiger partial charge in [-0.1, -0.05) is 24.1 Å². The van der Waals surface area contributed by atoms with Gasteiger partial charge in [-0.2, -0.15) is 0 Å². The SMILES string of the molecule is Cc1cc(CN2CCC(=O)N(C)CC2)c(C)c(CN2CCCCC2C)c1. The van der Waals surface area contributed by atoms with Crippen LogP contribution in [0.2, 0.25) is 0 Å². The van der Waals surface area contributed by atoms with Crippen LogP contribution < -0.4 is 0 Å². The van der Waals surface area contributed by atoms with Gasteiger partial charge in [0.2, 0.25) is 5.91 Å². The van der Waals surface area contributed by atoms with Gasteiger partial charge in [-0.25, -0.2) is 0 Å². The third kappa shape index (κ3) is 4.66. The molecular formula is C22H35N3O. The second-order valence-corrected chi connectivity index (χ2v) is 8.36. The Labute approximate surface area is 159 Å². The monoisotopic (exact) mass is 357 g/mol. The van der Waals surface area contributed by atoms with Crippen molar-refractivity contribution in [3.05, 3.63) is 34.4 Å². The fourth-order valence-corrected chi connectivity index (χ4v) is 4.33. The first-order valence-corrected chi connectivity index (χ1v) is 10.2. The second kappa shape index (κ2) is 8.53. The van der Waals surface area contributed by atoms with Crippen LogP contribution in [0.15, 0.2) is 12.1 Å². The lowest BCUT2D eigenvalue weighted by molar-refractivity contribution is -0.129. The zero-order valence-electron chi connectivity index (χ0n) is 17.1. The van der Waals surface area contributed by atoms with Crippen LogP contribution in [0, 0.1) is 13.8 Å². The van der Waals surface area contributed by atoms with Crippen molar-refractivity contribution in [2.45, 2.75) is 65.6 Å². The summed E-state index contributed by atoms with van der Waals surface area (Å²) in [5.74, 6) is 0.272. The van der Waals surface area contributed by atoms with Gasteiger partial charge in [0.25, 0.3) is 0 Å². The lowest BCUT2D eigenvalue weighted by Crippen LogP contribution is -2.37. The van der Waals surface area contributed by atoms with E-state index in [0.717, 1.165) is 32.7 Å². The van der Waals surface area contributed by atoms with Gasteiger partial charge in [0.15, 0.2) is 0 Å². The molecule has 1 atom stereocenters. The fourth-order valence-electron chi connectivity index (χ4n) is 4.33. The zero-order chi connectivity index (χ0) is 18.7. The number of carbonyl (C=O) groups excluding carboxylic acids is 1. The molecule has 2 aliphatic heterocycles. The Morgan fingerprint density at radius 2 is 1.73 bits per heavy atom. The molecule has 1 unspecified atom stereocenters. The Morgan fingerprint density at radius 3 is 2.46 bits per heavy atom. The number of nitrogens with zero attached hydrogens (tertiary/aromatic N) is 3. The summed E-state index contributed by atoms with van der Waals surface area (Å²) >= 11 is 0. The maximum Gasteiger partial charge on any atom is 0.223 e. The first-order chi connectivity index (χ1) is 12.4. The van der Waals surface area contributed by atoms with Gasteiger partial charge in [-0.15, -0.1) is 0 Å². The van der Waals surface area contributed by atoms with E-state index >= 15 is 0 Å². The molecule has 0 aromatic heterocycles. The average molecular weight is 358 g/mol. The van der Waals surface area contributed by atoms with Crippen molar-refractivity contribution < 1.29 is 4.79 Å². The molecule has 2 aliphatic rings. The third-order valence-corrected chi connectivity index (χ3v) is 6.29. The van der Waals surface area contributed by atoms with E-state index in [2.05, 4.69) is 42.7 Å². The second-order valence-electron chi connectivity index (χ2n) is 8.36. The predicted octanol–water partition coefficient (Wildman–Crippen LogP) is 3.34. The van der Waals surface area contributed by atoms with Gasteiger partial charge >= 0.3 is 0 Å². The number of hydrogen-bond donors (Lipinski definition) is 0. The fraction of sp³-hybridized carbons (Fsp3) is 0.682. The van der Waals surface area contributed by atoms with Crippen LogP contribution in [0.25, 0.3) is 0 Å². The molecule has 26 heavy (non-hydrogen) atoms. The molecule has 4 nitrogen and oxygen atoms in total. The van der Waals surface area contributed by atoms with Gasteiger partial charge in [-0.3, -0.25) is 14.6 Å². The van der Waals surface area contributed by atoms with Gasteiger partial charge in [-0.05, 0) is 56.8 Å². The predicted molar refractivity (Wildman–Crippen MR) is 107 cm³/mol. The number of rotatable bonds is 4. The molecule has 1 amide bonds. The summed E-state index contributed by atoms with van der Waals surface area (Å²) in [6.45, 7) is 12.8. The molecule has 0 saturated carbocycles. The molecule has 0 N–H and O–H groups in total. The first-order valence-electron chi connectivity index (χ1n) is 10.2. The average Bonchev–Trinajstić information content (AvgIpc) is 2.76. The molecule has 2 fully saturated rings. The molecule has 0 spiro atoms. The molecule has 144 valence electrons. The Morgan fingerprint density at radius 1 is 1.00 bits per heavy atom. The van der Waals surface area contributed by atoms with Crippen molar-refractivity contribution in [3.63, 3.8) is 0 Å². The molecule has 0 bridgehead atoms. The van der Waals surface area contributed by atoms with Crippen molar-refractivity contribution in [1.82, 2.24) is 14.7 Å². The zero-order valence-corrected chi connectivity index (χ0v) is 17.1. The molecule has 2 saturated heterocycles. The number of amides is 1. The van der Waals surface area contributed by atoms with E-state index < -0.39 is 0 Å². The van der Waals surface area contributed by atoms with E-state index in [1.807, 2.05) is 11.9 Å². The highest BCUT2D eigenvalue weighted by Gasteiger charge is 2.21. The summed E-state index contributed by atoms with van der Waals surface area (Å²) < 4.78 is 0. The Kier molecular flexibility index (Phi) is 6.36. The molecule has 2 heterocycles. The van der Waals surface area contributed by atoms with Crippen LogP contribution in [0.1, 0.15) is 54.9 Å². The minimum atomic E-state index is 0.272. The summed E-state index contributed by atoms with van der Waals surface area (Å²) in [5.41, 5.74) is 5.71. The molecule has 0 radical (unpaired) electrons. The molecule has 0 aliphatic carbocycles. The van der Waals surface area contributed by atoms with E-state index in [0.29, 0.717) is 12.5 Å². The van der Waals surface area contributed by atoms with E-state index in [1.165, 1.54) is 48.1 Å². The van der Waals surface area contributed by atoms with Gasteiger partial charge in [0.05, 0.1) is 0 Å². The molecule has 1 aromatic carbocycles. The number of benzene rings is 1. The minimum Gasteiger partial charge on any atom is -0.344 e. The Hall–Kier alpha value is -1.39. The summed E-state index contributed by atoms with van der Waals surface area (Å²) in [6, 6.07) is 5.41. The number of piperidine rings is 1. The highest BCUT2D eigenvalue weighted by molar-refractivity contribution is 5.76. The van der Waals surface area contributed by atoms with Crippen molar-refractivity contribution in [1.29, 1.82) is 0 Å². The lowest BCUT2D eigenvalue weighted by Gasteiger charge is -2.34. The van der Waals surface area contributed by atoms with Crippen LogP contribution in [-0.2, 0) is 17.9 Å². The van der Waals surface area contributed by atoms with Crippen LogP contribution in [0.5, 0.6) is 0 Å². The van der Waals surface area contributed by atoms with Crippen molar-refractivity contribution in [2.24, 2.45) is 0 Å². The third-order valence-electron chi connectivity index (χ3n) is 6.29. The summed E-state index contributed by atoms with van der Waals surface area (Å²) in [5, 5.41) is 0. The van der Waals surface area contributed by atoms with Crippen LogP contribution in [-0.4, -0.2) is 59.9 Å². The van der Waals surface area contributed by atoms with E-state index in [4.69, 9.17) is 0 Å². The molecule has 3 rings (SSSR count). The normalized spacial score (nSPS) is 23.3. The molecule has 1 aromatic rings. The lowest BCUT2D eigenvalue weighted by atomic mass is 9.96. The smallest absolute Gasteiger partial charge is 0.223 e. The summed E-state index contributed by atoms with van der Waals surface area (Å²) in [4.78, 5) is 18.9. The van der Waals surface area contributed by atoms with Gasteiger partial charge < -0.3 is 4.90 Å². The number of aryl methyl sites for hydroxylation is 1. The first kappa shape index (κ1) is 19.4. The van der Waals surface area contributed by atoms with Crippen LogP contribution in [0.3, 0.4) is 0 Å². The van der Waals surface area contributed by atoms with E-state index in [9.17, 15) is 4.79 Å². The van der Waals surface area contributed by atoms with Crippen LogP contribution >= 0.6 is 0 Å². The highest BCUT2D eigenvalue weighted by Crippen LogP contribution is 2.24. The maximum absolute atomic E-state index is 11.9. The molecular weight excluding hydrogens is 322 g/mol. The largest absolute Gasteiger partial charge is 0.344 e. The van der Waals surface area contributed by atoms with Gasteiger partial charge in [0, 0.05) is 52.2 Å². The van der Waals surface area contributed by atoms with Crippen LogP contribution in [0.4, 0.5) is 0 Å². The summed E-state index contributed by atoms with van der Waals surface area (Å²) in [7, 11) is 1.92. The Balaban J connectivity index is 1.73. The standard InChI is InChI=1S/C22H35N3O/c1-17-13-20(15-24-10-8-22(26)23(4)11-12-24)19(3)21(14-17)16-25-9-6-5-7-18(25)2/h13-14,18H,5-12,15-16H2,1-4H3. The van der Waals surface area contributed by atoms with Crippen molar-refractivity contribution in [3.8, 4) is 0 Å². The minimum absolute atomic E-state index is 0.272. The number of likely N-dealkylation sites (tertiary alicyclic amines) is 1. The maximum atomic E-state index is 11.9.